The zero-order valence-electron chi connectivity index (χ0n) is 9.55. The first-order valence-corrected chi connectivity index (χ1v) is 5.61. The number of carbonyl (C=O) groups is 1. The molecule has 1 N–H and O–H groups in total. The molecular formula is C11H22N2O. The largest absolute Gasteiger partial charge is 0.338 e. The van der Waals surface area contributed by atoms with Crippen LogP contribution >= 0.6 is 0 Å². The molecule has 0 saturated carbocycles. The summed E-state index contributed by atoms with van der Waals surface area (Å²) >= 11 is 0. The van der Waals surface area contributed by atoms with Crippen molar-refractivity contribution >= 4 is 5.91 Å². The van der Waals surface area contributed by atoms with E-state index >= 15 is 0 Å². The van der Waals surface area contributed by atoms with E-state index in [0.717, 1.165) is 25.4 Å². The van der Waals surface area contributed by atoms with Crippen molar-refractivity contribution in [3.8, 4) is 0 Å². The second kappa shape index (κ2) is 5.35. The molecule has 0 radical (unpaired) electrons. The third-order valence-corrected chi connectivity index (χ3v) is 2.82. The monoisotopic (exact) mass is 198 g/mol. The molecule has 1 aliphatic heterocycles. The molecule has 1 heterocycles. The van der Waals surface area contributed by atoms with Crippen LogP contribution in [0.4, 0.5) is 0 Å². The fourth-order valence-corrected chi connectivity index (χ4v) is 1.82. The molecule has 0 bridgehead atoms. The SMILES string of the molecule is CC(C)CCC(C)N1CCNCC1=O. The standard InChI is InChI=1S/C11H22N2O/c1-9(2)4-5-10(3)13-7-6-12-8-11(13)14/h9-10,12H,4-8H2,1-3H3. The Morgan fingerprint density at radius 3 is 2.64 bits per heavy atom. The fraction of sp³-hybridized carbons (Fsp3) is 0.909. The first-order chi connectivity index (χ1) is 6.61. The lowest BCUT2D eigenvalue weighted by Gasteiger charge is -2.33. The number of piperazine rings is 1. The Labute approximate surface area is 86.9 Å². The zero-order chi connectivity index (χ0) is 10.6. The molecule has 0 aromatic rings. The van der Waals surface area contributed by atoms with Crippen molar-refractivity contribution < 1.29 is 4.79 Å². The van der Waals surface area contributed by atoms with Crippen LogP contribution in [0.2, 0.25) is 0 Å². The van der Waals surface area contributed by atoms with E-state index in [0.29, 0.717) is 12.6 Å². The van der Waals surface area contributed by atoms with Crippen LogP contribution in [0, 0.1) is 5.92 Å². The van der Waals surface area contributed by atoms with Crippen LogP contribution in [0.3, 0.4) is 0 Å². The smallest absolute Gasteiger partial charge is 0.236 e. The highest BCUT2D eigenvalue weighted by Crippen LogP contribution is 2.12. The Balaban J connectivity index is 2.34. The summed E-state index contributed by atoms with van der Waals surface area (Å²) in [5.74, 6) is 0.989. The van der Waals surface area contributed by atoms with E-state index in [4.69, 9.17) is 0 Å². The lowest BCUT2D eigenvalue weighted by atomic mass is 10.0. The van der Waals surface area contributed by atoms with E-state index in [-0.39, 0.29) is 5.91 Å². The van der Waals surface area contributed by atoms with Crippen molar-refractivity contribution in [2.24, 2.45) is 5.92 Å². The predicted molar refractivity (Wildman–Crippen MR) is 58.1 cm³/mol. The first kappa shape index (κ1) is 11.5. The first-order valence-electron chi connectivity index (χ1n) is 5.61. The van der Waals surface area contributed by atoms with Gasteiger partial charge in [0, 0.05) is 19.1 Å². The second-order valence-corrected chi connectivity index (χ2v) is 4.58. The molecule has 82 valence electrons. The summed E-state index contributed by atoms with van der Waals surface area (Å²) in [7, 11) is 0. The van der Waals surface area contributed by atoms with Gasteiger partial charge in [0.1, 0.15) is 0 Å². The van der Waals surface area contributed by atoms with Crippen LogP contribution in [0.15, 0.2) is 0 Å². The summed E-state index contributed by atoms with van der Waals surface area (Å²) in [6.45, 7) is 8.95. The van der Waals surface area contributed by atoms with Crippen molar-refractivity contribution in [1.29, 1.82) is 0 Å². The molecule has 1 amide bonds. The molecule has 1 rings (SSSR count). The Bertz CT molecular complexity index is 192. The zero-order valence-corrected chi connectivity index (χ0v) is 9.55. The lowest BCUT2D eigenvalue weighted by molar-refractivity contribution is -0.134. The third-order valence-electron chi connectivity index (χ3n) is 2.82. The molecule has 0 spiro atoms. The highest BCUT2D eigenvalue weighted by molar-refractivity contribution is 5.79. The number of amides is 1. The van der Waals surface area contributed by atoms with Crippen molar-refractivity contribution in [2.45, 2.75) is 39.7 Å². The molecular weight excluding hydrogens is 176 g/mol. The van der Waals surface area contributed by atoms with Crippen LogP contribution in [-0.2, 0) is 4.79 Å². The van der Waals surface area contributed by atoms with Gasteiger partial charge in [0.25, 0.3) is 0 Å². The summed E-state index contributed by atoms with van der Waals surface area (Å²) < 4.78 is 0. The Morgan fingerprint density at radius 2 is 2.07 bits per heavy atom. The third kappa shape index (κ3) is 3.29. The van der Waals surface area contributed by atoms with Crippen molar-refractivity contribution in [3.05, 3.63) is 0 Å². The van der Waals surface area contributed by atoms with Crippen molar-refractivity contribution in [1.82, 2.24) is 10.2 Å². The number of hydrogen-bond acceptors (Lipinski definition) is 2. The van der Waals surface area contributed by atoms with Gasteiger partial charge in [0.2, 0.25) is 5.91 Å². The second-order valence-electron chi connectivity index (χ2n) is 4.58. The summed E-state index contributed by atoms with van der Waals surface area (Å²) in [4.78, 5) is 13.6. The number of carbonyl (C=O) groups excluding carboxylic acids is 1. The highest BCUT2D eigenvalue weighted by atomic mass is 16.2. The van der Waals surface area contributed by atoms with E-state index in [2.05, 4.69) is 26.1 Å². The topological polar surface area (TPSA) is 32.3 Å². The molecule has 0 aromatic heterocycles. The summed E-state index contributed by atoms with van der Waals surface area (Å²) in [5, 5.41) is 3.09. The minimum absolute atomic E-state index is 0.257. The molecule has 1 unspecified atom stereocenters. The number of nitrogens with zero attached hydrogens (tertiary/aromatic N) is 1. The average Bonchev–Trinajstić information content (AvgIpc) is 2.15. The number of rotatable bonds is 4. The fourth-order valence-electron chi connectivity index (χ4n) is 1.82. The minimum atomic E-state index is 0.257. The van der Waals surface area contributed by atoms with Gasteiger partial charge in [-0.15, -0.1) is 0 Å². The summed E-state index contributed by atoms with van der Waals surface area (Å²) in [6.07, 6.45) is 2.34. The summed E-state index contributed by atoms with van der Waals surface area (Å²) in [5.41, 5.74) is 0. The van der Waals surface area contributed by atoms with Gasteiger partial charge in [-0.05, 0) is 25.7 Å². The van der Waals surface area contributed by atoms with E-state index in [9.17, 15) is 4.79 Å². The van der Waals surface area contributed by atoms with Crippen molar-refractivity contribution in [2.75, 3.05) is 19.6 Å². The molecule has 1 fully saturated rings. The van der Waals surface area contributed by atoms with Crippen molar-refractivity contribution in [3.63, 3.8) is 0 Å². The maximum absolute atomic E-state index is 11.5. The van der Waals surface area contributed by atoms with Gasteiger partial charge in [0.15, 0.2) is 0 Å². The Morgan fingerprint density at radius 1 is 1.36 bits per heavy atom. The van der Waals surface area contributed by atoms with Crippen LogP contribution < -0.4 is 5.32 Å². The molecule has 1 saturated heterocycles. The highest BCUT2D eigenvalue weighted by Gasteiger charge is 2.22. The lowest BCUT2D eigenvalue weighted by Crippen LogP contribution is -2.51. The van der Waals surface area contributed by atoms with Crippen LogP contribution in [0.5, 0.6) is 0 Å². The van der Waals surface area contributed by atoms with Gasteiger partial charge >= 0.3 is 0 Å². The molecule has 1 aliphatic rings. The minimum Gasteiger partial charge on any atom is -0.338 e. The van der Waals surface area contributed by atoms with Gasteiger partial charge in [-0.2, -0.15) is 0 Å². The molecule has 3 nitrogen and oxygen atoms in total. The van der Waals surface area contributed by atoms with Crippen LogP contribution in [0.25, 0.3) is 0 Å². The van der Waals surface area contributed by atoms with Gasteiger partial charge in [-0.3, -0.25) is 4.79 Å². The maximum atomic E-state index is 11.5. The average molecular weight is 198 g/mol. The molecule has 0 aliphatic carbocycles. The van der Waals surface area contributed by atoms with E-state index in [1.165, 1.54) is 6.42 Å². The molecule has 3 heteroatoms. The van der Waals surface area contributed by atoms with Crippen LogP contribution in [-0.4, -0.2) is 36.5 Å². The van der Waals surface area contributed by atoms with Gasteiger partial charge < -0.3 is 10.2 Å². The predicted octanol–water partition coefficient (Wildman–Crippen LogP) is 1.24. The Hall–Kier alpha value is -0.570. The van der Waals surface area contributed by atoms with Crippen LogP contribution in [0.1, 0.15) is 33.6 Å². The Kier molecular flexibility index (Phi) is 4.39. The van der Waals surface area contributed by atoms with E-state index < -0.39 is 0 Å². The molecule has 0 aromatic carbocycles. The van der Waals surface area contributed by atoms with Gasteiger partial charge in [-0.1, -0.05) is 13.8 Å². The molecule has 14 heavy (non-hydrogen) atoms. The van der Waals surface area contributed by atoms with E-state index in [1.54, 1.807) is 0 Å². The number of nitrogens with one attached hydrogen (secondary N) is 1. The normalized spacial score (nSPS) is 20.3. The summed E-state index contributed by atoms with van der Waals surface area (Å²) in [6, 6.07) is 0.409. The van der Waals surface area contributed by atoms with Gasteiger partial charge in [0.05, 0.1) is 6.54 Å². The maximum Gasteiger partial charge on any atom is 0.236 e. The number of hydrogen-bond donors (Lipinski definition) is 1. The van der Waals surface area contributed by atoms with E-state index in [1.807, 2.05) is 4.90 Å². The van der Waals surface area contributed by atoms with Gasteiger partial charge in [-0.25, -0.2) is 0 Å². The molecule has 1 atom stereocenters. The quantitative estimate of drug-likeness (QED) is 0.737.